The molecule has 4 aromatic carbocycles. The molecule has 0 saturated heterocycles. The molecule has 4 rings (SSSR count). The van der Waals surface area contributed by atoms with Crippen molar-refractivity contribution in [2.45, 2.75) is 78.4 Å². The zero-order chi connectivity index (χ0) is 76.8. The van der Waals surface area contributed by atoms with Gasteiger partial charge in [0.2, 0.25) is 5.75 Å². The number of ether oxygens (including phenoxy) is 19. The van der Waals surface area contributed by atoms with Gasteiger partial charge >= 0.3 is 35.8 Å². The first-order valence-corrected chi connectivity index (χ1v) is 35.8. The molecule has 0 aliphatic heterocycles. The van der Waals surface area contributed by atoms with Gasteiger partial charge in [0.1, 0.15) is 65.0 Å². The highest BCUT2D eigenvalue weighted by Gasteiger charge is 2.39. The van der Waals surface area contributed by atoms with Crippen molar-refractivity contribution in [3.8, 4) is 17.2 Å². The van der Waals surface area contributed by atoms with E-state index >= 15 is 4.79 Å². The first-order chi connectivity index (χ1) is 51.2. The van der Waals surface area contributed by atoms with Crippen molar-refractivity contribution in [2.24, 2.45) is 0 Å². The molecular weight excluding hydrogens is 1380 g/mol. The summed E-state index contributed by atoms with van der Waals surface area (Å²) in [6.45, 7) is 10.4. The normalized spacial score (nSPS) is 11.3. The summed E-state index contributed by atoms with van der Waals surface area (Å²) < 4.78 is 109. The van der Waals surface area contributed by atoms with Crippen molar-refractivity contribution < 1.29 is 124 Å². The van der Waals surface area contributed by atoms with E-state index in [2.05, 4.69) is 5.32 Å². The molecule has 29 nitrogen and oxygen atoms in total. The van der Waals surface area contributed by atoms with E-state index in [0.29, 0.717) is 65.3 Å². The summed E-state index contributed by atoms with van der Waals surface area (Å²) in [5.74, 6) is -4.78. The molecule has 0 aliphatic rings. The van der Waals surface area contributed by atoms with Crippen molar-refractivity contribution in [3.63, 3.8) is 0 Å². The molecule has 0 saturated carbocycles. The van der Waals surface area contributed by atoms with Crippen molar-refractivity contribution in [1.29, 1.82) is 0 Å². The van der Waals surface area contributed by atoms with Crippen molar-refractivity contribution >= 4 is 41.7 Å². The first-order valence-electron chi connectivity index (χ1n) is 35.8. The lowest BCUT2D eigenvalue weighted by atomic mass is 10.0. The predicted molar refractivity (Wildman–Crippen MR) is 389 cm³/mol. The number of aryl methyl sites for hydroxylation is 4. The Hall–Kier alpha value is -7.91. The highest BCUT2D eigenvalue weighted by atomic mass is 16.6. The second-order valence-electron chi connectivity index (χ2n) is 25.1. The Bertz CT molecular complexity index is 2980. The number of nitrogens with zero attached hydrogens (tertiary/aromatic N) is 2. The molecule has 0 unspecified atom stereocenters. The molecule has 0 atom stereocenters. The van der Waals surface area contributed by atoms with Gasteiger partial charge in [-0.25, -0.2) is 9.59 Å². The zero-order valence-corrected chi connectivity index (χ0v) is 63.5. The van der Waals surface area contributed by atoms with Gasteiger partial charge in [-0.3, -0.25) is 24.0 Å². The lowest BCUT2D eigenvalue weighted by Crippen LogP contribution is -2.59. The summed E-state index contributed by atoms with van der Waals surface area (Å²) in [6, 6.07) is 22.7. The summed E-state index contributed by atoms with van der Waals surface area (Å²) in [5.41, 5.74) is 2.20. The van der Waals surface area contributed by atoms with Gasteiger partial charge in [0.05, 0.1) is 149 Å². The summed E-state index contributed by atoms with van der Waals surface area (Å²) in [4.78, 5) is 98.5. The monoisotopic (exact) mass is 1500 g/mol. The van der Waals surface area contributed by atoms with Crippen LogP contribution in [-0.2, 0) is 102 Å². The van der Waals surface area contributed by atoms with Gasteiger partial charge in [0.25, 0.3) is 5.91 Å². The fourth-order valence-corrected chi connectivity index (χ4v) is 9.74. The lowest BCUT2D eigenvalue weighted by molar-refractivity contribution is -0.153. The highest BCUT2D eigenvalue weighted by molar-refractivity contribution is 5.96. The molecule has 1 amide bonds. The third-order valence-corrected chi connectivity index (χ3v) is 14.9. The number of amides is 1. The fraction of sp³-hybridized carbons (Fsp3) is 0.597. The minimum absolute atomic E-state index is 0.00798. The lowest BCUT2D eigenvalue weighted by Gasteiger charge is -2.33. The van der Waals surface area contributed by atoms with E-state index in [9.17, 15) is 28.8 Å². The van der Waals surface area contributed by atoms with Gasteiger partial charge in [-0.05, 0) is 124 Å². The van der Waals surface area contributed by atoms with Crippen LogP contribution in [0, 0.1) is 27.7 Å². The molecular formula is C77H113N3O26. The minimum atomic E-state index is -2.07. The fourth-order valence-electron chi connectivity index (χ4n) is 9.74. The van der Waals surface area contributed by atoms with Gasteiger partial charge < -0.3 is 105 Å². The summed E-state index contributed by atoms with van der Waals surface area (Å²) in [6.07, 6.45) is 1.04. The van der Waals surface area contributed by atoms with E-state index in [0.717, 1.165) is 40.9 Å². The molecule has 106 heavy (non-hydrogen) atoms. The number of carbonyl (C=O) groups is 7. The second kappa shape index (κ2) is 55.5. The third-order valence-electron chi connectivity index (χ3n) is 14.9. The standard InChI is InChI=1S/C77H113N3O26/c1-59-47-60(2)50-65(49-59)75(86)105-57-77(58-106-76(87)66-51-61(3)48-62(4)52-66,56-104-72(84)20-19-71(83)102-45-39-93-27-25-89-24-23-88-9)78-74(85)64-53-67(98-41-35-91-29-31-94-37-43-100-69(81)17-13-21-79(5)6)73(103-46-40-96-28-26-90-33-34-97-55-63-15-11-10-12-16-63)68(54-64)99-42-36-92-30-32-95-38-44-101-70(82)18-14-22-80(7)8/h10-12,15-16,47-54H,13-14,17-46,55-58H2,1-9H3,(H,78,85). The van der Waals surface area contributed by atoms with E-state index in [1.807, 2.05) is 80.5 Å². The molecule has 4 aromatic rings. The largest absolute Gasteiger partial charge is 0.487 e. The Balaban J connectivity index is 1.66. The second-order valence-corrected chi connectivity index (χ2v) is 25.1. The number of hydrogen-bond acceptors (Lipinski definition) is 28. The van der Waals surface area contributed by atoms with Crippen LogP contribution in [0.3, 0.4) is 0 Å². The SMILES string of the molecule is COCCOCCOCCOC(=O)CCC(=O)OCC(COC(=O)c1cc(C)cc(C)c1)(COC(=O)c1cc(C)cc(C)c1)NC(=O)c1cc(OCCOCCOCCOC(=O)CCCN(C)C)c(OCCOCCOCCOCc2ccccc2)c(OCCOCCOCCOC(=O)CCCN(C)C)c1. The minimum Gasteiger partial charge on any atom is -0.487 e. The molecule has 1 N–H and O–H groups in total. The maximum absolute atomic E-state index is 15.4. The summed E-state index contributed by atoms with van der Waals surface area (Å²) in [5, 5.41) is 2.88. The van der Waals surface area contributed by atoms with Crippen LogP contribution in [0.2, 0.25) is 0 Å². The predicted octanol–water partition coefficient (Wildman–Crippen LogP) is 6.87. The van der Waals surface area contributed by atoms with Crippen LogP contribution >= 0.6 is 0 Å². The Morgan fingerprint density at radius 2 is 0.698 bits per heavy atom. The smallest absolute Gasteiger partial charge is 0.338 e. The van der Waals surface area contributed by atoms with Crippen LogP contribution in [0.25, 0.3) is 0 Å². The van der Waals surface area contributed by atoms with E-state index in [1.54, 1.807) is 59.1 Å². The number of methoxy groups -OCH3 is 1. The Morgan fingerprint density at radius 3 is 1.09 bits per heavy atom. The molecule has 0 fully saturated rings. The van der Waals surface area contributed by atoms with Crippen LogP contribution < -0.4 is 19.5 Å². The maximum atomic E-state index is 15.4. The number of nitrogens with one attached hydrogen (secondary N) is 1. The van der Waals surface area contributed by atoms with Crippen LogP contribution in [0.1, 0.15) is 97.4 Å². The van der Waals surface area contributed by atoms with Gasteiger partial charge in [-0.15, -0.1) is 0 Å². The van der Waals surface area contributed by atoms with Crippen LogP contribution in [0.4, 0.5) is 0 Å². The Labute approximate surface area is 623 Å². The van der Waals surface area contributed by atoms with E-state index in [-0.39, 0.29) is 171 Å². The quantitative estimate of drug-likeness (QED) is 0.0268. The molecule has 0 heterocycles. The number of esters is 6. The first kappa shape index (κ1) is 90.5. The van der Waals surface area contributed by atoms with Crippen LogP contribution in [0.15, 0.2) is 78.9 Å². The van der Waals surface area contributed by atoms with Gasteiger partial charge in [-0.1, -0.05) is 64.7 Å². The zero-order valence-electron chi connectivity index (χ0n) is 63.5. The maximum Gasteiger partial charge on any atom is 0.338 e. The van der Waals surface area contributed by atoms with Gasteiger partial charge in [0, 0.05) is 25.5 Å². The Kier molecular flexibility index (Phi) is 47.4. The molecule has 0 aromatic heterocycles. The van der Waals surface area contributed by atoms with Gasteiger partial charge in [-0.2, -0.15) is 0 Å². The van der Waals surface area contributed by atoms with Crippen molar-refractivity contribution in [2.75, 3.05) is 227 Å². The highest BCUT2D eigenvalue weighted by Crippen LogP contribution is 2.39. The number of hydrogen-bond donors (Lipinski definition) is 1. The van der Waals surface area contributed by atoms with E-state index in [4.69, 9.17) is 90.0 Å². The number of benzene rings is 4. The van der Waals surface area contributed by atoms with Crippen LogP contribution in [-0.4, -0.2) is 284 Å². The molecule has 592 valence electrons. The molecule has 0 aliphatic carbocycles. The molecule has 0 spiro atoms. The van der Waals surface area contributed by atoms with Crippen LogP contribution in [0.5, 0.6) is 17.2 Å². The molecule has 29 heteroatoms. The number of carbonyl (C=O) groups excluding carboxylic acids is 7. The van der Waals surface area contributed by atoms with E-state index < -0.39 is 68.0 Å². The third kappa shape index (κ3) is 42.4. The van der Waals surface area contributed by atoms with Crippen molar-refractivity contribution in [1.82, 2.24) is 15.1 Å². The summed E-state index contributed by atoms with van der Waals surface area (Å²) in [7, 11) is 9.29. The average Bonchev–Trinajstić information content (AvgIpc) is 0.800. The van der Waals surface area contributed by atoms with Gasteiger partial charge in [0.15, 0.2) is 11.5 Å². The van der Waals surface area contributed by atoms with E-state index in [1.165, 1.54) is 12.1 Å². The molecule has 0 radical (unpaired) electrons. The topological polar surface area (TPSA) is 313 Å². The summed E-state index contributed by atoms with van der Waals surface area (Å²) >= 11 is 0. The van der Waals surface area contributed by atoms with Crippen molar-refractivity contribution in [3.05, 3.63) is 123 Å². The average molecular weight is 1500 g/mol. The Morgan fingerprint density at radius 1 is 0.358 bits per heavy atom. The number of rotatable bonds is 62. The molecule has 0 bridgehead atoms.